The van der Waals surface area contributed by atoms with Gasteiger partial charge in [0.2, 0.25) is 5.91 Å². The smallest absolute Gasteiger partial charge is 0.244 e. The zero-order valence-corrected chi connectivity index (χ0v) is 12.7. The standard InChI is InChI=1S/C13H23NO4S/c1-14(10-8-11(9-10)18-2)12(15)13(19(3,16)17)6-4-5-7-13/h10-11H,4-9H2,1-3H3. The van der Waals surface area contributed by atoms with Gasteiger partial charge in [-0.05, 0) is 25.7 Å². The van der Waals surface area contributed by atoms with Gasteiger partial charge in [-0.25, -0.2) is 8.42 Å². The van der Waals surface area contributed by atoms with E-state index >= 15 is 0 Å². The monoisotopic (exact) mass is 289 g/mol. The molecule has 5 nitrogen and oxygen atoms in total. The van der Waals surface area contributed by atoms with Crippen molar-refractivity contribution in [2.24, 2.45) is 0 Å². The van der Waals surface area contributed by atoms with Crippen LogP contribution < -0.4 is 0 Å². The van der Waals surface area contributed by atoms with E-state index < -0.39 is 14.6 Å². The van der Waals surface area contributed by atoms with Crippen LogP contribution in [0.1, 0.15) is 38.5 Å². The molecule has 0 N–H and O–H groups in total. The van der Waals surface area contributed by atoms with Crippen molar-refractivity contribution in [3.05, 3.63) is 0 Å². The summed E-state index contributed by atoms with van der Waals surface area (Å²) in [6, 6.07) is 0.122. The fourth-order valence-electron chi connectivity index (χ4n) is 3.22. The molecule has 2 fully saturated rings. The fraction of sp³-hybridized carbons (Fsp3) is 0.923. The third-order valence-electron chi connectivity index (χ3n) is 4.78. The maximum atomic E-state index is 12.6. The molecule has 0 aromatic rings. The van der Waals surface area contributed by atoms with Gasteiger partial charge in [-0.2, -0.15) is 0 Å². The number of rotatable bonds is 4. The maximum absolute atomic E-state index is 12.6. The molecule has 0 saturated heterocycles. The van der Waals surface area contributed by atoms with Crippen molar-refractivity contribution in [1.29, 1.82) is 0 Å². The summed E-state index contributed by atoms with van der Waals surface area (Å²) in [7, 11) is 0.0231. The van der Waals surface area contributed by atoms with E-state index in [9.17, 15) is 13.2 Å². The highest BCUT2D eigenvalue weighted by Gasteiger charge is 2.52. The first-order valence-electron chi connectivity index (χ1n) is 6.81. The normalized spacial score (nSPS) is 29.8. The Morgan fingerprint density at radius 3 is 2.21 bits per heavy atom. The molecule has 110 valence electrons. The van der Waals surface area contributed by atoms with Crippen molar-refractivity contribution >= 4 is 15.7 Å². The van der Waals surface area contributed by atoms with E-state index in [1.165, 1.54) is 6.26 Å². The van der Waals surface area contributed by atoms with Crippen molar-refractivity contribution in [2.45, 2.75) is 55.4 Å². The molecule has 2 rings (SSSR count). The summed E-state index contributed by atoms with van der Waals surface area (Å²) in [6.07, 6.45) is 5.58. The molecule has 6 heteroatoms. The minimum Gasteiger partial charge on any atom is -0.381 e. The van der Waals surface area contributed by atoms with Gasteiger partial charge >= 0.3 is 0 Å². The van der Waals surface area contributed by atoms with E-state index in [-0.39, 0.29) is 18.1 Å². The number of ether oxygens (including phenoxy) is 1. The minimum atomic E-state index is -3.37. The molecule has 0 aliphatic heterocycles. The minimum absolute atomic E-state index is 0.122. The van der Waals surface area contributed by atoms with E-state index in [0.717, 1.165) is 25.7 Å². The summed E-state index contributed by atoms with van der Waals surface area (Å²) in [4.78, 5) is 14.3. The van der Waals surface area contributed by atoms with E-state index in [1.54, 1.807) is 19.1 Å². The van der Waals surface area contributed by atoms with Crippen molar-refractivity contribution in [1.82, 2.24) is 4.90 Å². The summed E-state index contributed by atoms with van der Waals surface area (Å²) in [5.41, 5.74) is 0. The Bertz CT molecular complexity index is 447. The van der Waals surface area contributed by atoms with Gasteiger partial charge in [0.1, 0.15) is 0 Å². The zero-order chi connectivity index (χ0) is 14.3. The number of amides is 1. The molecule has 0 aromatic carbocycles. The molecule has 0 heterocycles. The molecule has 19 heavy (non-hydrogen) atoms. The second-order valence-electron chi connectivity index (χ2n) is 5.87. The largest absolute Gasteiger partial charge is 0.381 e. The predicted octanol–water partition coefficient (Wildman–Crippen LogP) is 0.980. The molecule has 0 atom stereocenters. The zero-order valence-electron chi connectivity index (χ0n) is 11.9. The number of carbonyl (C=O) groups excluding carboxylic acids is 1. The van der Waals surface area contributed by atoms with Crippen LogP contribution >= 0.6 is 0 Å². The van der Waals surface area contributed by atoms with Gasteiger partial charge in [0.05, 0.1) is 6.10 Å². The van der Waals surface area contributed by atoms with Crippen LogP contribution in [0.4, 0.5) is 0 Å². The first-order chi connectivity index (χ1) is 8.82. The lowest BCUT2D eigenvalue weighted by atomic mass is 9.87. The number of carbonyl (C=O) groups is 1. The second kappa shape index (κ2) is 5.05. The summed E-state index contributed by atoms with van der Waals surface area (Å²) in [5, 5.41) is 0. The Balaban J connectivity index is 2.13. The van der Waals surface area contributed by atoms with Crippen molar-refractivity contribution < 1.29 is 17.9 Å². The molecular weight excluding hydrogens is 266 g/mol. The molecule has 1 amide bonds. The Morgan fingerprint density at radius 1 is 1.26 bits per heavy atom. The fourth-order valence-corrected chi connectivity index (χ4v) is 4.71. The lowest BCUT2D eigenvalue weighted by Crippen LogP contribution is -2.57. The van der Waals surface area contributed by atoms with Crippen LogP contribution in [-0.2, 0) is 19.4 Å². The van der Waals surface area contributed by atoms with Crippen LogP contribution in [-0.4, -0.2) is 56.5 Å². The molecule has 0 radical (unpaired) electrons. The van der Waals surface area contributed by atoms with Gasteiger partial charge in [-0.1, -0.05) is 12.8 Å². The van der Waals surface area contributed by atoms with Crippen molar-refractivity contribution in [2.75, 3.05) is 20.4 Å². The molecule has 0 spiro atoms. The van der Waals surface area contributed by atoms with Crippen LogP contribution in [0.3, 0.4) is 0 Å². The number of methoxy groups -OCH3 is 1. The lowest BCUT2D eigenvalue weighted by Gasteiger charge is -2.43. The van der Waals surface area contributed by atoms with Gasteiger partial charge in [0.25, 0.3) is 0 Å². The van der Waals surface area contributed by atoms with Crippen LogP contribution in [0.5, 0.6) is 0 Å². The van der Waals surface area contributed by atoms with Crippen LogP contribution in [0.2, 0.25) is 0 Å². The highest BCUT2D eigenvalue weighted by Crippen LogP contribution is 2.39. The average molecular weight is 289 g/mol. The van der Waals surface area contributed by atoms with Crippen molar-refractivity contribution in [3.63, 3.8) is 0 Å². The van der Waals surface area contributed by atoms with E-state index in [2.05, 4.69) is 0 Å². The first-order valence-corrected chi connectivity index (χ1v) is 8.70. The molecule has 0 unspecified atom stereocenters. The molecule has 0 bridgehead atoms. The Hall–Kier alpha value is -0.620. The molecule has 0 aromatic heterocycles. The molecule has 2 aliphatic carbocycles. The van der Waals surface area contributed by atoms with E-state index in [0.29, 0.717) is 12.8 Å². The third kappa shape index (κ3) is 2.40. The van der Waals surface area contributed by atoms with Crippen LogP contribution in [0.25, 0.3) is 0 Å². The highest BCUT2D eigenvalue weighted by molar-refractivity contribution is 7.92. The van der Waals surface area contributed by atoms with Gasteiger partial charge in [0.15, 0.2) is 14.6 Å². The number of nitrogens with zero attached hydrogens (tertiary/aromatic N) is 1. The SMILES string of the molecule is COC1CC(N(C)C(=O)C2(S(C)(=O)=O)CCCC2)C1. The van der Waals surface area contributed by atoms with Crippen LogP contribution in [0.15, 0.2) is 0 Å². The predicted molar refractivity (Wildman–Crippen MR) is 72.6 cm³/mol. The highest BCUT2D eigenvalue weighted by atomic mass is 32.2. The van der Waals surface area contributed by atoms with Crippen molar-refractivity contribution in [3.8, 4) is 0 Å². The van der Waals surface area contributed by atoms with Gasteiger partial charge in [-0.15, -0.1) is 0 Å². The second-order valence-corrected chi connectivity index (χ2v) is 8.20. The van der Waals surface area contributed by atoms with E-state index in [4.69, 9.17) is 4.74 Å². The Labute approximate surface area is 115 Å². The van der Waals surface area contributed by atoms with Gasteiger partial charge < -0.3 is 9.64 Å². The topological polar surface area (TPSA) is 63.7 Å². The average Bonchev–Trinajstić information content (AvgIpc) is 2.75. The molecular formula is C13H23NO4S. The summed E-state index contributed by atoms with van der Waals surface area (Å²) in [6.45, 7) is 0. The molecule has 2 aliphatic rings. The number of hydrogen-bond acceptors (Lipinski definition) is 4. The Morgan fingerprint density at radius 2 is 1.79 bits per heavy atom. The quantitative estimate of drug-likeness (QED) is 0.774. The number of hydrogen-bond donors (Lipinski definition) is 0. The Kier molecular flexibility index (Phi) is 3.93. The first kappa shape index (κ1) is 14.8. The maximum Gasteiger partial charge on any atom is 0.244 e. The number of sulfone groups is 1. The summed E-state index contributed by atoms with van der Waals surface area (Å²) >= 11 is 0. The lowest BCUT2D eigenvalue weighted by molar-refractivity contribution is -0.139. The van der Waals surface area contributed by atoms with E-state index in [1.807, 2.05) is 0 Å². The summed E-state index contributed by atoms with van der Waals surface area (Å²) < 4.78 is 28.2. The van der Waals surface area contributed by atoms with Crippen LogP contribution in [0, 0.1) is 0 Å². The molecule has 2 saturated carbocycles. The third-order valence-corrected chi connectivity index (χ3v) is 6.78. The van der Waals surface area contributed by atoms with Gasteiger partial charge in [0, 0.05) is 26.5 Å². The summed E-state index contributed by atoms with van der Waals surface area (Å²) in [5.74, 6) is -0.216. The van der Waals surface area contributed by atoms with Gasteiger partial charge in [-0.3, -0.25) is 4.79 Å².